The van der Waals surface area contributed by atoms with Gasteiger partial charge in [-0.05, 0) is 13.0 Å². The van der Waals surface area contributed by atoms with Gasteiger partial charge >= 0.3 is 6.03 Å². The molecule has 1 N–H and O–H groups in total. The van der Waals surface area contributed by atoms with Crippen molar-refractivity contribution >= 4 is 11.7 Å². The van der Waals surface area contributed by atoms with Crippen LogP contribution < -0.4 is 33.9 Å². The number of rotatable bonds is 5. The average molecular weight is 400 g/mol. The fraction of sp³-hybridized carbons (Fsp3) is 0.381. The largest absolute Gasteiger partial charge is 0.493 e. The Morgan fingerprint density at radius 3 is 2.28 bits per heavy atom. The number of ether oxygens (including phenoxy) is 5. The quantitative estimate of drug-likeness (QED) is 0.828. The maximum absolute atomic E-state index is 13.1. The van der Waals surface area contributed by atoms with Gasteiger partial charge in [-0.25, -0.2) is 4.79 Å². The van der Waals surface area contributed by atoms with Crippen LogP contribution in [-0.2, 0) is 0 Å². The number of anilines is 1. The lowest BCUT2D eigenvalue weighted by Gasteiger charge is -2.50. The van der Waals surface area contributed by atoms with Crippen LogP contribution in [0.2, 0.25) is 0 Å². The first-order chi connectivity index (χ1) is 14.0. The highest BCUT2D eigenvalue weighted by atomic mass is 16.5. The summed E-state index contributed by atoms with van der Waals surface area (Å²) in [5, 5.41) is 3.07. The Bertz CT molecular complexity index is 937. The molecule has 1 unspecified atom stereocenters. The summed E-state index contributed by atoms with van der Waals surface area (Å²) in [5.74, 6) is 2.62. The topological polar surface area (TPSA) is 78.5 Å². The van der Waals surface area contributed by atoms with Gasteiger partial charge in [0.25, 0.3) is 0 Å². The third-order valence-electron chi connectivity index (χ3n) is 5.39. The lowest BCUT2D eigenvalue weighted by atomic mass is 9.90. The molecular weight excluding hydrogens is 376 g/mol. The lowest BCUT2D eigenvalue weighted by molar-refractivity contribution is 0.0349. The Morgan fingerprint density at radius 2 is 1.69 bits per heavy atom. The molecule has 1 saturated heterocycles. The Morgan fingerprint density at radius 1 is 1.03 bits per heavy atom. The molecule has 0 radical (unpaired) electrons. The van der Waals surface area contributed by atoms with Crippen LogP contribution in [0.5, 0.6) is 28.7 Å². The van der Waals surface area contributed by atoms with E-state index in [2.05, 4.69) is 5.32 Å². The molecule has 2 amide bonds. The molecule has 29 heavy (non-hydrogen) atoms. The molecule has 1 fully saturated rings. The normalized spacial score (nSPS) is 22.2. The van der Waals surface area contributed by atoms with E-state index >= 15 is 0 Å². The minimum Gasteiger partial charge on any atom is -0.493 e. The zero-order valence-electron chi connectivity index (χ0n) is 17.1. The number of amides is 2. The summed E-state index contributed by atoms with van der Waals surface area (Å²) in [5.41, 5.74) is 0.537. The molecule has 2 aliphatic rings. The lowest BCUT2D eigenvalue weighted by Crippen LogP contribution is -2.65. The summed E-state index contributed by atoms with van der Waals surface area (Å²) in [7, 11) is 6.20. The standard InChI is InChI=1S/C21H24N2O6/c1-21-11-14(13-7-6-8-15(25-2)18(13)29-21)22-20(24)23(21)12-9-16(26-3)19(28-5)17(10-12)27-4/h6-10,14H,11H2,1-5H3,(H,22,24)/t14?,21-/m1/s1. The first kappa shape index (κ1) is 19.0. The number of hydrogen-bond acceptors (Lipinski definition) is 6. The number of benzene rings is 2. The van der Waals surface area contributed by atoms with Crippen LogP contribution in [0.1, 0.15) is 24.9 Å². The van der Waals surface area contributed by atoms with Crippen molar-refractivity contribution in [1.82, 2.24) is 5.32 Å². The van der Waals surface area contributed by atoms with Crippen molar-refractivity contribution in [2.75, 3.05) is 33.3 Å². The number of nitrogens with zero attached hydrogens (tertiary/aromatic N) is 1. The monoisotopic (exact) mass is 400 g/mol. The van der Waals surface area contributed by atoms with Crippen LogP contribution in [0, 0.1) is 0 Å². The van der Waals surface area contributed by atoms with Gasteiger partial charge in [0, 0.05) is 24.1 Å². The zero-order chi connectivity index (χ0) is 20.8. The van der Waals surface area contributed by atoms with E-state index in [-0.39, 0.29) is 12.1 Å². The van der Waals surface area contributed by atoms with Crippen LogP contribution in [0.3, 0.4) is 0 Å². The molecule has 2 aromatic carbocycles. The number of para-hydroxylation sites is 1. The van der Waals surface area contributed by atoms with E-state index in [1.807, 2.05) is 25.1 Å². The van der Waals surface area contributed by atoms with E-state index in [4.69, 9.17) is 23.7 Å². The summed E-state index contributed by atoms with van der Waals surface area (Å²) in [6.45, 7) is 1.89. The van der Waals surface area contributed by atoms with E-state index in [9.17, 15) is 4.79 Å². The highest BCUT2D eigenvalue weighted by molar-refractivity contribution is 5.95. The molecule has 0 saturated carbocycles. The van der Waals surface area contributed by atoms with Gasteiger partial charge in [-0.1, -0.05) is 12.1 Å². The molecule has 0 spiro atoms. The molecule has 2 aromatic rings. The molecule has 154 valence electrons. The summed E-state index contributed by atoms with van der Waals surface area (Å²) in [6.07, 6.45) is 0.565. The van der Waals surface area contributed by atoms with Crippen molar-refractivity contribution in [1.29, 1.82) is 0 Å². The van der Waals surface area contributed by atoms with Crippen molar-refractivity contribution in [2.45, 2.75) is 25.1 Å². The minimum absolute atomic E-state index is 0.176. The number of urea groups is 1. The van der Waals surface area contributed by atoms with Crippen LogP contribution >= 0.6 is 0 Å². The fourth-order valence-corrected chi connectivity index (χ4v) is 4.11. The molecule has 0 aromatic heterocycles. The van der Waals surface area contributed by atoms with Gasteiger partial charge in [0.1, 0.15) is 0 Å². The molecule has 2 aliphatic heterocycles. The maximum Gasteiger partial charge on any atom is 0.325 e. The maximum atomic E-state index is 13.1. The molecule has 8 heteroatoms. The molecule has 2 heterocycles. The van der Waals surface area contributed by atoms with E-state index in [0.29, 0.717) is 40.9 Å². The van der Waals surface area contributed by atoms with Gasteiger partial charge in [-0.3, -0.25) is 4.90 Å². The van der Waals surface area contributed by atoms with Gasteiger partial charge in [0.05, 0.1) is 40.2 Å². The van der Waals surface area contributed by atoms with Gasteiger partial charge in [-0.15, -0.1) is 0 Å². The van der Waals surface area contributed by atoms with Crippen molar-refractivity contribution in [3.63, 3.8) is 0 Å². The minimum atomic E-state index is -0.931. The van der Waals surface area contributed by atoms with E-state index in [1.54, 1.807) is 24.1 Å². The van der Waals surface area contributed by atoms with E-state index in [0.717, 1.165) is 5.56 Å². The molecule has 8 nitrogen and oxygen atoms in total. The summed E-state index contributed by atoms with van der Waals surface area (Å²) < 4.78 is 28.2. The van der Waals surface area contributed by atoms with Crippen molar-refractivity contribution in [3.05, 3.63) is 35.9 Å². The number of carbonyl (C=O) groups excluding carboxylic acids is 1. The number of fused-ring (bicyclic) bond motifs is 4. The number of methoxy groups -OCH3 is 4. The summed E-state index contributed by atoms with van der Waals surface area (Å²) in [4.78, 5) is 14.7. The summed E-state index contributed by atoms with van der Waals surface area (Å²) in [6, 6.07) is 8.69. The zero-order valence-corrected chi connectivity index (χ0v) is 17.1. The molecule has 2 atom stereocenters. The Kier molecular flexibility index (Phi) is 4.56. The van der Waals surface area contributed by atoms with Gasteiger partial charge in [-0.2, -0.15) is 0 Å². The van der Waals surface area contributed by atoms with Crippen LogP contribution in [0.15, 0.2) is 30.3 Å². The Hall–Kier alpha value is -3.29. The van der Waals surface area contributed by atoms with Crippen molar-refractivity contribution in [3.8, 4) is 28.7 Å². The molecule has 0 aliphatic carbocycles. The third-order valence-corrected chi connectivity index (χ3v) is 5.39. The van der Waals surface area contributed by atoms with Crippen molar-refractivity contribution in [2.24, 2.45) is 0 Å². The average Bonchev–Trinajstić information content (AvgIpc) is 2.71. The second kappa shape index (κ2) is 6.95. The SMILES string of the molecule is COc1cc(N2C(=O)NC3C[C@@]2(C)Oc2c(OC)cccc23)cc(OC)c1OC. The number of hydrogen-bond donors (Lipinski definition) is 1. The predicted molar refractivity (Wildman–Crippen MR) is 106 cm³/mol. The Balaban J connectivity index is 1.83. The second-order valence-electron chi connectivity index (χ2n) is 7.08. The Labute approximate surface area is 169 Å². The third kappa shape index (κ3) is 2.86. The van der Waals surface area contributed by atoms with Crippen molar-refractivity contribution < 1.29 is 28.5 Å². The molecular formula is C21H24N2O6. The van der Waals surface area contributed by atoms with E-state index in [1.165, 1.54) is 21.3 Å². The van der Waals surface area contributed by atoms with Crippen LogP contribution in [-0.4, -0.2) is 40.2 Å². The first-order valence-electron chi connectivity index (χ1n) is 9.22. The molecule has 2 bridgehead atoms. The van der Waals surface area contributed by atoms with Gasteiger partial charge in [0.2, 0.25) is 5.75 Å². The van der Waals surface area contributed by atoms with Gasteiger partial charge < -0.3 is 29.0 Å². The van der Waals surface area contributed by atoms with Crippen LogP contribution in [0.4, 0.5) is 10.5 Å². The number of carbonyl (C=O) groups is 1. The highest BCUT2D eigenvalue weighted by Gasteiger charge is 2.51. The van der Waals surface area contributed by atoms with Gasteiger partial charge in [0.15, 0.2) is 28.7 Å². The van der Waals surface area contributed by atoms with E-state index < -0.39 is 5.72 Å². The van der Waals surface area contributed by atoms with Crippen LogP contribution in [0.25, 0.3) is 0 Å². The fourth-order valence-electron chi connectivity index (χ4n) is 4.11. The predicted octanol–water partition coefficient (Wildman–Crippen LogP) is 3.49. The molecule has 4 rings (SSSR count). The first-order valence-corrected chi connectivity index (χ1v) is 9.22. The number of nitrogens with one attached hydrogen (secondary N) is 1. The second-order valence-corrected chi connectivity index (χ2v) is 7.08. The highest BCUT2D eigenvalue weighted by Crippen LogP contribution is 2.50. The summed E-state index contributed by atoms with van der Waals surface area (Å²) >= 11 is 0. The smallest absolute Gasteiger partial charge is 0.325 e.